The number of aliphatic imine (C=N–C) groups is 1. The number of imidazole rings is 1. The molecule has 18 heteroatoms. The minimum atomic E-state index is -1.52. The second-order valence-corrected chi connectivity index (χ2v) is 10.2. The first-order valence-electron chi connectivity index (χ1n) is 13.4. The molecule has 0 aromatic carbocycles. The van der Waals surface area contributed by atoms with Gasteiger partial charge in [-0.3, -0.25) is 24.2 Å². The number of carbonyl (C=O) groups is 5. The van der Waals surface area contributed by atoms with E-state index >= 15 is 0 Å². The number of aliphatic hydroxyl groups excluding tert-OH is 1. The van der Waals surface area contributed by atoms with Gasteiger partial charge in [0, 0.05) is 30.6 Å². The molecule has 42 heavy (non-hydrogen) atoms. The number of nitrogens with zero attached hydrogens (tertiary/aromatic N) is 2. The molecule has 0 bridgehead atoms. The Hall–Kier alpha value is -3.90. The fourth-order valence-corrected chi connectivity index (χ4v) is 4.41. The second kappa shape index (κ2) is 17.1. The number of aromatic amines is 1. The van der Waals surface area contributed by atoms with Crippen molar-refractivity contribution in [3.8, 4) is 0 Å². The molecule has 17 nitrogen and oxygen atoms in total. The number of hydrogen-bond donors (Lipinski definition) is 11. The van der Waals surface area contributed by atoms with E-state index in [0.717, 1.165) is 6.42 Å². The summed E-state index contributed by atoms with van der Waals surface area (Å²) in [6.45, 7) is 2.09. The van der Waals surface area contributed by atoms with Crippen molar-refractivity contribution >= 4 is 48.2 Å². The molecule has 6 atom stereocenters. The Labute approximate surface area is 247 Å². The molecule has 1 saturated heterocycles. The highest BCUT2D eigenvalue weighted by Crippen LogP contribution is 2.08. The highest BCUT2D eigenvalue weighted by atomic mass is 32.1. The van der Waals surface area contributed by atoms with E-state index in [2.05, 4.69) is 54.2 Å². The third-order valence-electron chi connectivity index (χ3n) is 6.43. The van der Waals surface area contributed by atoms with Crippen LogP contribution in [0.2, 0.25) is 0 Å². The summed E-state index contributed by atoms with van der Waals surface area (Å²) in [6, 6.07) is -5.69. The molecular weight excluding hydrogens is 572 g/mol. The Balaban J connectivity index is 2.07. The summed E-state index contributed by atoms with van der Waals surface area (Å²) in [5, 5.41) is 32.7. The van der Waals surface area contributed by atoms with Crippen LogP contribution < -0.4 is 38.1 Å². The number of nitrogens with one attached hydrogen (secondary N) is 6. The number of aliphatic hydroxyl groups is 1. The van der Waals surface area contributed by atoms with Crippen LogP contribution in [-0.4, -0.2) is 111 Å². The maximum atomic E-state index is 13.3. The lowest BCUT2D eigenvalue weighted by atomic mass is 10.1. The van der Waals surface area contributed by atoms with E-state index in [9.17, 15) is 34.2 Å². The van der Waals surface area contributed by atoms with Crippen LogP contribution in [0.25, 0.3) is 0 Å². The fraction of sp³-hybridized carbons (Fsp3) is 0.625. The summed E-state index contributed by atoms with van der Waals surface area (Å²) in [5.41, 5.74) is 11.0. The number of rotatable bonds is 17. The summed E-state index contributed by atoms with van der Waals surface area (Å²) in [4.78, 5) is 74.0. The number of carbonyl (C=O) groups excluding carboxylic acids is 4. The standard InChI is InChI=1S/C24H40N10O7S/c1-12(35)18(22(39)33-17(10-42)21(38)31-15(23(40)41)5-3-7-29-24(25)26)34-20(37)16(8-13-9-27-11-30-13)32-19(36)14-4-2-6-28-14/h9,11-12,14-18,28,35,42H,2-8,10H2,1H3,(H,27,30)(H,31,38)(H,32,36)(H,33,39)(H,34,37)(H,40,41)(H4,25,26,29)/t12-,14+,15+,16+,17+,18+/m1/s1. The maximum absolute atomic E-state index is 13.3. The topological polar surface area (TPSA) is 279 Å². The van der Waals surface area contributed by atoms with Crippen molar-refractivity contribution < 1.29 is 34.2 Å². The molecule has 0 aliphatic carbocycles. The van der Waals surface area contributed by atoms with Gasteiger partial charge < -0.3 is 53.2 Å². The first kappa shape index (κ1) is 34.3. The zero-order valence-corrected chi connectivity index (χ0v) is 24.1. The van der Waals surface area contributed by atoms with Crippen LogP contribution >= 0.6 is 12.6 Å². The predicted molar refractivity (Wildman–Crippen MR) is 154 cm³/mol. The molecule has 4 amide bonds. The lowest BCUT2D eigenvalue weighted by molar-refractivity contribution is -0.142. The predicted octanol–water partition coefficient (Wildman–Crippen LogP) is -3.91. The number of H-pyrrole nitrogens is 1. The molecular formula is C24H40N10O7S. The van der Waals surface area contributed by atoms with Crippen LogP contribution in [-0.2, 0) is 30.4 Å². The lowest BCUT2D eigenvalue weighted by Gasteiger charge is -2.27. The largest absolute Gasteiger partial charge is 0.480 e. The minimum absolute atomic E-state index is 0.0112. The minimum Gasteiger partial charge on any atom is -0.480 e. The number of guanidine groups is 1. The Morgan fingerprint density at radius 2 is 1.79 bits per heavy atom. The molecule has 1 aromatic heterocycles. The molecule has 0 radical (unpaired) electrons. The van der Waals surface area contributed by atoms with Gasteiger partial charge in [-0.1, -0.05) is 0 Å². The van der Waals surface area contributed by atoms with E-state index in [1.165, 1.54) is 19.4 Å². The van der Waals surface area contributed by atoms with Gasteiger partial charge in [-0.2, -0.15) is 12.6 Å². The number of aromatic nitrogens is 2. The number of thiol groups is 1. The molecule has 0 spiro atoms. The van der Waals surface area contributed by atoms with Crippen molar-refractivity contribution in [1.29, 1.82) is 0 Å². The van der Waals surface area contributed by atoms with E-state index in [1.807, 2.05) is 0 Å². The summed E-state index contributed by atoms with van der Waals surface area (Å²) >= 11 is 4.08. The van der Waals surface area contributed by atoms with Crippen molar-refractivity contribution in [2.24, 2.45) is 16.5 Å². The molecule has 1 aromatic rings. The second-order valence-electron chi connectivity index (χ2n) is 9.81. The average Bonchev–Trinajstić information content (AvgIpc) is 3.65. The molecule has 2 rings (SSSR count). The van der Waals surface area contributed by atoms with Crippen LogP contribution in [0.3, 0.4) is 0 Å². The molecule has 12 N–H and O–H groups in total. The first-order chi connectivity index (χ1) is 19.9. The van der Waals surface area contributed by atoms with Crippen molar-refractivity contribution in [2.75, 3.05) is 18.8 Å². The number of carboxylic acids is 1. The van der Waals surface area contributed by atoms with Crippen LogP contribution in [0, 0.1) is 0 Å². The third kappa shape index (κ3) is 11.2. The lowest BCUT2D eigenvalue weighted by Crippen LogP contribution is -2.61. The summed E-state index contributed by atoms with van der Waals surface area (Å²) in [6.07, 6.45) is 3.21. The summed E-state index contributed by atoms with van der Waals surface area (Å²) in [5.74, 6) is -4.56. The molecule has 0 unspecified atom stereocenters. The monoisotopic (exact) mass is 612 g/mol. The van der Waals surface area contributed by atoms with E-state index in [0.29, 0.717) is 18.7 Å². The zero-order chi connectivity index (χ0) is 31.2. The van der Waals surface area contributed by atoms with Gasteiger partial charge in [0.25, 0.3) is 0 Å². The molecule has 1 aliphatic rings. The quantitative estimate of drug-likeness (QED) is 0.0350. The van der Waals surface area contributed by atoms with Crippen molar-refractivity contribution in [2.45, 2.75) is 75.3 Å². The van der Waals surface area contributed by atoms with E-state index in [-0.39, 0.29) is 43.4 Å². The maximum Gasteiger partial charge on any atom is 0.326 e. The van der Waals surface area contributed by atoms with E-state index in [1.54, 1.807) is 0 Å². The van der Waals surface area contributed by atoms with Gasteiger partial charge in [-0.15, -0.1) is 0 Å². The summed E-state index contributed by atoms with van der Waals surface area (Å²) < 4.78 is 0. The number of amides is 4. The van der Waals surface area contributed by atoms with E-state index < -0.39 is 60.0 Å². The van der Waals surface area contributed by atoms with Gasteiger partial charge in [0.05, 0.1) is 18.5 Å². The summed E-state index contributed by atoms with van der Waals surface area (Å²) in [7, 11) is 0. The smallest absolute Gasteiger partial charge is 0.326 e. The van der Waals surface area contributed by atoms with Crippen LogP contribution in [0.15, 0.2) is 17.5 Å². The van der Waals surface area contributed by atoms with Crippen molar-refractivity contribution in [3.05, 3.63) is 18.2 Å². The number of carboxylic acid groups (broad SMARTS) is 1. The van der Waals surface area contributed by atoms with Crippen LogP contribution in [0.1, 0.15) is 38.3 Å². The molecule has 0 saturated carbocycles. The average molecular weight is 613 g/mol. The molecule has 2 heterocycles. The zero-order valence-electron chi connectivity index (χ0n) is 23.2. The number of hydrogen-bond acceptors (Lipinski definition) is 10. The Kier molecular flexibility index (Phi) is 14.0. The van der Waals surface area contributed by atoms with Crippen LogP contribution in [0.5, 0.6) is 0 Å². The first-order valence-corrected chi connectivity index (χ1v) is 14.0. The van der Waals surface area contributed by atoms with Crippen LogP contribution in [0.4, 0.5) is 0 Å². The number of nitrogens with two attached hydrogens (primary N) is 2. The third-order valence-corrected chi connectivity index (χ3v) is 6.79. The van der Waals surface area contributed by atoms with Crippen molar-refractivity contribution in [3.63, 3.8) is 0 Å². The van der Waals surface area contributed by atoms with Gasteiger partial charge in [-0.25, -0.2) is 9.78 Å². The molecule has 1 aliphatic heterocycles. The highest BCUT2D eigenvalue weighted by Gasteiger charge is 2.34. The fourth-order valence-electron chi connectivity index (χ4n) is 4.15. The van der Waals surface area contributed by atoms with Gasteiger partial charge in [0.1, 0.15) is 24.2 Å². The van der Waals surface area contributed by atoms with Gasteiger partial charge in [0.2, 0.25) is 23.6 Å². The van der Waals surface area contributed by atoms with Gasteiger partial charge in [0.15, 0.2) is 5.96 Å². The Bertz CT molecular complexity index is 1090. The van der Waals surface area contributed by atoms with Crippen molar-refractivity contribution in [1.82, 2.24) is 36.6 Å². The van der Waals surface area contributed by atoms with E-state index in [4.69, 9.17) is 11.5 Å². The molecule has 1 fully saturated rings. The Morgan fingerprint density at radius 1 is 1.10 bits per heavy atom. The van der Waals surface area contributed by atoms with Gasteiger partial charge in [-0.05, 0) is 39.2 Å². The van der Waals surface area contributed by atoms with Gasteiger partial charge >= 0.3 is 5.97 Å². The molecule has 234 valence electrons. The number of aliphatic carboxylic acids is 1. The highest BCUT2D eigenvalue weighted by molar-refractivity contribution is 7.80. The SMILES string of the molecule is C[C@@H](O)[C@H](NC(=O)[C@H](Cc1cnc[nH]1)NC(=O)[C@@H]1CCCN1)C(=O)N[C@@H](CS)C(=O)N[C@@H](CCCN=C(N)N)C(=O)O. The normalized spacial score (nSPS) is 18.0. The Morgan fingerprint density at radius 3 is 2.33 bits per heavy atom.